The highest BCUT2D eigenvalue weighted by molar-refractivity contribution is 5.20. The van der Waals surface area contributed by atoms with Crippen LogP contribution in [0.15, 0.2) is 42.6 Å². The Labute approximate surface area is 139 Å². The minimum Gasteiger partial charge on any atom is -0.473 e. The van der Waals surface area contributed by atoms with Gasteiger partial charge in [0, 0.05) is 37.0 Å². The zero-order valence-corrected chi connectivity index (χ0v) is 13.2. The Morgan fingerprint density at radius 1 is 1.25 bits per heavy atom. The molecule has 0 saturated carbocycles. The first-order chi connectivity index (χ1) is 11.7. The molecule has 1 fully saturated rings. The molecule has 6 heteroatoms. The third-order valence-electron chi connectivity index (χ3n) is 4.20. The topological polar surface area (TPSA) is 45.6 Å². The summed E-state index contributed by atoms with van der Waals surface area (Å²) in [4.78, 5) is 6.13. The van der Waals surface area contributed by atoms with Crippen molar-refractivity contribution in [2.45, 2.75) is 31.8 Å². The van der Waals surface area contributed by atoms with Gasteiger partial charge < -0.3 is 9.84 Å². The van der Waals surface area contributed by atoms with E-state index in [9.17, 15) is 13.9 Å². The van der Waals surface area contributed by atoms with Gasteiger partial charge in [0.1, 0.15) is 18.6 Å². The zero-order valence-electron chi connectivity index (χ0n) is 13.2. The van der Waals surface area contributed by atoms with Crippen molar-refractivity contribution < 1.29 is 18.6 Å². The molecule has 1 aromatic carbocycles. The van der Waals surface area contributed by atoms with Crippen LogP contribution in [-0.4, -0.2) is 40.4 Å². The average Bonchev–Trinajstić information content (AvgIpc) is 2.95. The number of aliphatic hydroxyl groups excluding tert-OH is 1. The van der Waals surface area contributed by atoms with Crippen LogP contribution in [0.3, 0.4) is 0 Å². The average molecular weight is 334 g/mol. The molecule has 0 amide bonds. The standard InChI is InChI=1S/C18H20F2N2O2/c19-15-7-16(11-23)22(10-15)9-13-5-6-18(21-8-13)24-12-14-3-1-2-4-17(14)20/h1-6,8,15-16,23H,7,9-12H2/t15-,16-/m0/s1. The Balaban J connectivity index is 1.56. The van der Waals surface area contributed by atoms with E-state index in [0.717, 1.165) is 5.56 Å². The molecule has 1 aliphatic heterocycles. The second-order valence-electron chi connectivity index (χ2n) is 5.98. The van der Waals surface area contributed by atoms with Crippen molar-refractivity contribution in [3.8, 4) is 5.88 Å². The van der Waals surface area contributed by atoms with Gasteiger partial charge in [-0.05, 0) is 18.1 Å². The predicted molar refractivity (Wildman–Crippen MR) is 85.8 cm³/mol. The van der Waals surface area contributed by atoms with Crippen LogP contribution in [0.5, 0.6) is 5.88 Å². The minimum absolute atomic E-state index is 0.0440. The SMILES string of the molecule is OC[C@@H]1C[C@H](F)CN1Cc1ccc(OCc2ccccc2F)nc1. The van der Waals surface area contributed by atoms with Crippen LogP contribution >= 0.6 is 0 Å². The number of pyridine rings is 1. The second kappa shape index (κ2) is 7.68. The molecular weight excluding hydrogens is 314 g/mol. The number of aliphatic hydroxyl groups is 1. The lowest BCUT2D eigenvalue weighted by atomic mass is 10.2. The van der Waals surface area contributed by atoms with Gasteiger partial charge in [0.2, 0.25) is 5.88 Å². The lowest BCUT2D eigenvalue weighted by Gasteiger charge is -2.22. The summed E-state index contributed by atoms with van der Waals surface area (Å²) in [5.41, 5.74) is 1.39. The number of hydrogen-bond donors (Lipinski definition) is 1. The summed E-state index contributed by atoms with van der Waals surface area (Å²) in [5, 5.41) is 9.30. The van der Waals surface area contributed by atoms with Crippen LogP contribution in [0.25, 0.3) is 0 Å². The Morgan fingerprint density at radius 2 is 2.08 bits per heavy atom. The molecule has 2 atom stereocenters. The van der Waals surface area contributed by atoms with Gasteiger partial charge in [-0.1, -0.05) is 24.3 Å². The molecule has 1 N–H and O–H groups in total. The maximum absolute atomic E-state index is 13.5. The number of ether oxygens (including phenoxy) is 1. The third-order valence-corrected chi connectivity index (χ3v) is 4.20. The molecule has 0 spiro atoms. The molecule has 0 unspecified atom stereocenters. The number of aromatic nitrogens is 1. The van der Waals surface area contributed by atoms with Gasteiger partial charge in [0.15, 0.2) is 0 Å². The van der Waals surface area contributed by atoms with Crippen LogP contribution in [0.4, 0.5) is 8.78 Å². The molecule has 3 rings (SSSR count). The van der Waals surface area contributed by atoms with Crippen LogP contribution in [0.2, 0.25) is 0 Å². The monoisotopic (exact) mass is 334 g/mol. The number of likely N-dealkylation sites (tertiary alicyclic amines) is 1. The van der Waals surface area contributed by atoms with Crippen LogP contribution in [0, 0.1) is 5.82 Å². The second-order valence-corrected chi connectivity index (χ2v) is 5.98. The molecule has 2 aromatic rings. The predicted octanol–water partition coefficient (Wildman–Crippen LogP) is 2.70. The van der Waals surface area contributed by atoms with Crippen molar-refractivity contribution in [1.29, 1.82) is 0 Å². The summed E-state index contributed by atoms with van der Waals surface area (Å²) in [6, 6.07) is 9.87. The number of halogens is 2. The van der Waals surface area contributed by atoms with Gasteiger partial charge in [0.25, 0.3) is 0 Å². The minimum atomic E-state index is -0.890. The highest BCUT2D eigenvalue weighted by Crippen LogP contribution is 2.22. The van der Waals surface area contributed by atoms with E-state index in [4.69, 9.17) is 4.74 Å². The zero-order chi connectivity index (χ0) is 16.9. The largest absolute Gasteiger partial charge is 0.473 e. The molecule has 2 heterocycles. The van der Waals surface area contributed by atoms with Crippen molar-refractivity contribution in [1.82, 2.24) is 9.88 Å². The summed E-state index contributed by atoms with van der Waals surface area (Å²) in [5.74, 6) is 0.101. The molecule has 128 valence electrons. The summed E-state index contributed by atoms with van der Waals surface area (Å²) in [7, 11) is 0. The molecule has 1 aromatic heterocycles. The fraction of sp³-hybridized carbons (Fsp3) is 0.389. The van der Waals surface area contributed by atoms with Gasteiger partial charge in [0.05, 0.1) is 6.61 Å². The quantitative estimate of drug-likeness (QED) is 0.882. The van der Waals surface area contributed by atoms with E-state index in [-0.39, 0.29) is 25.1 Å². The van der Waals surface area contributed by atoms with Gasteiger partial charge in [-0.15, -0.1) is 0 Å². The Kier molecular flexibility index (Phi) is 5.37. The fourth-order valence-electron chi connectivity index (χ4n) is 2.90. The first-order valence-electron chi connectivity index (χ1n) is 7.96. The third kappa shape index (κ3) is 4.07. The molecule has 24 heavy (non-hydrogen) atoms. The van der Waals surface area contributed by atoms with E-state index in [2.05, 4.69) is 4.98 Å². The fourth-order valence-corrected chi connectivity index (χ4v) is 2.90. The van der Waals surface area contributed by atoms with E-state index in [0.29, 0.717) is 31.0 Å². The van der Waals surface area contributed by atoms with Crippen molar-refractivity contribution in [3.05, 3.63) is 59.5 Å². The van der Waals surface area contributed by atoms with Crippen LogP contribution in [0.1, 0.15) is 17.5 Å². The normalized spacial score (nSPS) is 21.1. The molecular formula is C18H20F2N2O2. The van der Waals surface area contributed by atoms with E-state index in [1.165, 1.54) is 6.07 Å². The Morgan fingerprint density at radius 3 is 2.79 bits per heavy atom. The van der Waals surface area contributed by atoms with Crippen molar-refractivity contribution in [2.24, 2.45) is 0 Å². The Bertz CT molecular complexity index is 666. The van der Waals surface area contributed by atoms with Gasteiger partial charge in [-0.3, -0.25) is 4.90 Å². The molecule has 4 nitrogen and oxygen atoms in total. The molecule has 0 radical (unpaired) electrons. The highest BCUT2D eigenvalue weighted by Gasteiger charge is 2.31. The molecule has 1 saturated heterocycles. The van der Waals surface area contributed by atoms with E-state index < -0.39 is 6.17 Å². The maximum atomic E-state index is 13.5. The van der Waals surface area contributed by atoms with Crippen LogP contribution in [-0.2, 0) is 13.2 Å². The van der Waals surface area contributed by atoms with Gasteiger partial charge in [-0.2, -0.15) is 0 Å². The van der Waals surface area contributed by atoms with Crippen molar-refractivity contribution in [2.75, 3.05) is 13.2 Å². The van der Waals surface area contributed by atoms with Gasteiger partial charge >= 0.3 is 0 Å². The summed E-state index contributed by atoms with van der Waals surface area (Å²) in [6.07, 6.45) is 1.14. The van der Waals surface area contributed by atoms with Crippen molar-refractivity contribution in [3.63, 3.8) is 0 Å². The number of rotatable bonds is 6. The number of benzene rings is 1. The summed E-state index contributed by atoms with van der Waals surface area (Å²) < 4.78 is 32.5. The maximum Gasteiger partial charge on any atom is 0.213 e. The number of hydrogen-bond acceptors (Lipinski definition) is 4. The van der Waals surface area contributed by atoms with Crippen molar-refractivity contribution >= 4 is 0 Å². The Hall–Kier alpha value is -2.05. The molecule has 0 bridgehead atoms. The number of alkyl halides is 1. The number of nitrogens with zero attached hydrogens (tertiary/aromatic N) is 2. The van der Waals surface area contributed by atoms with Crippen LogP contribution < -0.4 is 4.74 Å². The van der Waals surface area contributed by atoms with E-state index >= 15 is 0 Å². The van der Waals surface area contributed by atoms with Gasteiger partial charge in [-0.25, -0.2) is 13.8 Å². The highest BCUT2D eigenvalue weighted by atomic mass is 19.1. The summed E-state index contributed by atoms with van der Waals surface area (Å²) >= 11 is 0. The molecule has 0 aliphatic carbocycles. The smallest absolute Gasteiger partial charge is 0.213 e. The lowest BCUT2D eigenvalue weighted by Crippen LogP contribution is -2.31. The summed E-state index contributed by atoms with van der Waals surface area (Å²) in [6.45, 7) is 0.932. The lowest BCUT2D eigenvalue weighted by molar-refractivity contribution is 0.153. The first-order valence-corrected chi connectivity index (χ1v) is 7.96. The molecule has 1 aliphatic rings. The van der Waals surface area contributed by atoms with E-state index in [1.54, 1.807) is 30.5 Å². The van der Waals surface area contributed by atoms with E-state index in [1.807, 2.05) is 11.0 Å². The first kappa shape index (κ1) is 16.8.